The number of esters is 2. The minimum absolute atomic E-state index is 0.0473. The average molecular weight is 822 g/mol. The number of nitrogens with two attached hydrogens (primary N) is 1. The van der Waals surface area contributed by atoms with Crippen LogP contribution < -0.4 is 5.73 Å². The molecule has 0 aliphatic rings. The van der Waals surface area contributed by atoms with Crippen LogP contribution in [-0.2, 0) is 32.7 Å². The Morgan fingerprint density at radius 1 is 0.544 bits per heavy atom. The first-order valence-electron chi connectivity index (χ1n) is 22.8. The molecule has 10 heteroatoms. The van der Waals surface area contributed by atoms with Gasteiger partial charge in [-0.25, -0.2) is 4.57 Å². The van der Waals surface area contributed by atoms with Gasteiger partial charge in [0, 0.05) is 19.4 Å². The Balaban J connectivity index is 4.13. The van der Waals surface area contributed by atoms with Gasteiger partial charge in [0.2, 0.25) is 0 Å². The molecule has 2 unspecified atom stereocenters. The van der Waals surface area contributed by atoms with Crippen molar-refractivity contribution < 1.29 is 37.6 Å². The van der Waals surface area contributed by atoms with Crippen molar-refractivity contribution in [1.29, 1.82) is 0 Å². The van der Waals surface area contributed by atoms with Gasteiger partial charge >= 0.3 is 19.8 Å². The third-order valence-electron chi connectivity index (χ3n) is 9.39. The molecule has 0 spiro atoms. The van der Waals surface area contributed by atoms with Crippen molar-refractivity contribution >= 4 is 19.8 Å². The summed E-state index contributed by atoms with van der Waals surface area (Å²) in [4.78, 5) is 34.9. The van der Waals surface area contributed by atoms with E-state index in [1.807, 2.05) is 0 Å². The van der Waals surface area contributed by atoms with E-state index in [-0.39, 0.29) is 32.6 Å². The molecule has 0 heterocycles. The molecule has 0 saturated heterocycles. The molecule has 0 aromatic carbocycles. The van der Waals surface area contributed by atoms with E-state index < -0.39 is 32.5 Å². The molecular formula is C47H84NO8P. The summed E-state index contributed by atoms with van der Waals surface area (Å²) in [6.45, 7) is 3.58. The standard InChI is InChI=1S/C47H84NO8P/c1-3-5-7-9-11-13-15-17-19-20-21-22-23-24-26-27-29-31-33-35-37-39-46(49)53-43-45(44-55-57(51,52)54-42-41-48)56-47(50)40-38-36-34-32-30-28-25-18-16-14-12-10-8-6-4-2/h6,8,12,14-15,17-18,20-21,25,45H,3-5,7,9-11,13,16,19,22-24,26-44,48H2,1-2H3,(H,51,52)/b8-6-,14-12-,17-15-,21-20-,25-18-. The zero-order valence-corrected chi connectivity index (χ0v) is 37.2. The molecule has 0 bridgehead atoms. The first-order valence-corrected chi connectivity index (χ1v) is 24.3. The second kappa shape index (κ2) is 43.3. The Labute approximate surface area is 349 Å². The van der Waals surface area contributed by atoms with Crippen LogP contribution in [0.1, 0.15) is 194 Å². The SMILES string of the molecule is CC/C=C\C/C=C\C/C=C\CCCCCCCC(=O)OC(COC(=O)CCCCCCCCCCC/C=C\C/C=C\CCCCCCC)COP(=O)(O)OCCN. The van der Waals surface area contributed by atoms with E-state index in [9.17, 15) is 19.0 Å². The number of phosphoric acid groups is 1. The van der Waals surface area contributed by atoms with Crippen molar-refractivity contribution in [3.05, 3.63) is 60.8 Å². The minimum atomic E-state index is -4.39. The van der Waals surface area contributed by atoms with Crippen LogP contribution in [0.3, 0.4) is 0 Å². The number of carbonyl (C=O) groups is 2. The Hall–Kier alpha value is -2.29. The molecule has 0 aromatic rings. The maximum Gasteiger partial charge on any atom is 0.472 e. The van der Waals surface area contributed by atoms with Gasteiger partial charge in [0.25, 0.3) is 0 Å². The van der Waals surface area contributed by atoms with Gasteiger partial charge in [0.15, 0.2) is 6.10 Å². The van der Waals surface area contributed by atoms with Gasteiger partial charge in [-0.1, -0.05) is 164 Å². The van der Waals surface area contributed by atoms with Crippen LogP contribution in [0.2, 0.25) is 0 Å². The molecule has 9 nitrogen and oxygen atoms in total. The van der Waals surface area contributed by atoms with Crippen molar-refractivity contribution in [1.82, 2.24) is 0 Å². The number of ether oxygens (including phenoxy) is 2. The summed E-state index contributed by atoms with van der Waals surface area (Å²) in [5, 5.41) is 0. The number of carbonyl (C=O) groups excluding carboxylic acids is 2. The van der Waals surface area contributed by atoms with Crippen LogP contribution in [0.25, 0.3) is 0 Å². The predicted molar refractivity (Wildman–Crippen MR) is 238 cm³/mol. The number of hydrogen-bond acceptors (Lipinski definition) is 8. The molecule has 330 valence electrons. The highest BCUT2D eigenvalue weighted by atomic mass is 31.2. The molecule has 0 aliphatic heterocycles. The van der Waals surface area contributed by atoms with Crippen LogP contribution in [0, 0.1) is 0 Å². The van der Waals surface area contributed by atoms with Crippen LogP contribution in [0.15, 0.2) is 60.8 Å². The van der Waals surface area contributed by atoms with E-state index in [1.54, 1.807) is 0 Å². The highest BCUT2D eigenvalue weighted by molar-refractivity contribution is 7.47. The summed E-state index contributed by atoms with van der Waals surface area (Å²) in [5.41, 5.74) is 5.35. The quantitative estimate of drug-likeness (QED) is 0.0267. The van der Waals surface area contributed by atoms with Gasteiger partial charge in [-0.3, -0.25) is 18.6 Å². The van der Waals surface area contributed by atoms with Crippen molar-refractivity contribution in [2.24, 2.45) is 5.73 Å². The fraction of sp³-hybridized carbons (Fsp3) is 0.745. The fourth-order valence-electron chi connectivity index (χ4n) is 6.03. The summed E-state index contributed by atoms with van der Waals surface area (Å²) in [7, 11) is -4.39. The third-order valence-corrected chi connectivity index (χ3v) is 10.4. The molecule has 0 saturated carbocycles. The van der Waals surface area contributed by atoms with Crippen molar-refractivity contribution in [2.75, 3.05) is 26.4 Å². The Morgan fingerprint density at radius 3 is 1.44 bits per heavy atom. The summed E-state index contributed by atoms with van der Waals surface area (Å²) in [5.74, 6) is -0.855. The first-order chi connectivity index (χ1) is 27.8. The number of hydrogen-bond donors (Lipinski definition) is 2. The van der Waals surface area contributed by atoms with Gasteiger partial charge < -0.3 is 20.1 Å². The number of phosphoric ester groups is 1. The van der Waals surface area contributed by atoms with Crippen molar-refractivity contribution in [3.8, 4) is 0 Å². The lowest BCUT2D eigenvalue weighted by atomic mass is 10.1. The van der Waals surface area contributed by atoms with Gasteiger partial charge in [0.1, 0.15) is 6.61 Å². The molecular weight excluding hydrogens is 737 g/mol. The zero-order valence-electron chi connectivity index (χ0n) is 36.3. The van der Waals surface area contributed by atoms with Gasteiger partial charge in [-0.05, 0) is 77.0 Å². The maximum absolute atomic E-state index is 12.6. The van der Waals surface area contributed by atoms with Crippen LogP contribution in [0.5, 0.6) is 0 Å². The third kappa shape index (κ3) is 43.1. The van der Waals surface area contributed by atoms with E-state index in [0.717, 1.165) is 83.5 Å². The predicted octanol–water partition coefficient (Wildman–Crippen LogP) is 13.3. The molecule has 0 aromatic heterocycles. The number of rotatable bonds is 42. The zero-order chi connectivity index (χ0) is 41.8. The lowest BCUT2D eigenvalue weighted by Gasteiger charge is -2.19. The van der Waals surface area contributed by atoms with Crippen LogP contribution in [-0.4, -0.2) is 49.3 Å². The van der Waals surface area contributed by atoms with E-state index in [4.69, 9.17) is 24.3 Å². The second-order valence-corrected chi connectivity index (χ2v) is 16.3. The Morgan fingerprint density at radius 2 is 0.965 bits per heavy atom. The lowest BCUT2D eigenvalue weighted by Crippen LogP contribution is -2.29. The molecule has 57 heavy (non-hydrogen) atoms. The number of unbranched alkanes of at least 4 members (excludes halogenated alkanes) is 19. The summed E-state index contributed by atoms with van der Waals surface area (Å²) >= 11 is 0. The summed E-state index contributed by atoms with van der Waals surface area (Å²) in [6, 6.07) is 0. The van der Waals surface area contributed by atoms with Gasteiger partial charge in [-0.15, -0.1) is 0 Å². The van der Waals surface area contributed by atoms with Gasteiger partial charge in [-0.2, -0.15) is 0 Å². The molecule has 3 N–H and O–H groups in total. The summed E-state index contributed by atoms with van der Waals surface area (Å²) < 4.78 is 32.8. The Bertz CT molecular complexity index is 1120. The smallest absolute Gasteiger partial charge is 0.462 e. The minimum Gasteiger partial charge on any atom is -0.462 e. The molecule has 2 atom stereocenters. The van der Waals surface area contributed by atoms with Crippen molar-refractivity contribution in [3.63, 3.8) is 0 Å². The molecule has 0 amide bonds. The Kier molecular flexibility index (Phi) is 41.6. The summed E-state index contributed by atoms with van der Waals surface area (Å²) in [6.07, 6.45) is 51.1. The molecule has 0 rings (SSSR count). The highest BCUT2D eigenvalue weighted by Crippen LogP contribution is 2.43. The van der Waals surface area contributed by atoms with Crippen molar-refractivity contribution in [2.45, 2.75) is 200 Å². The molecule has 0 radical (unpaired) electrons. The van der Waals surface area contributed by atoms with E-state index in [0.29, 0.717) is 6.42 Å². The van der Waals surface area contributed by atoms with Crippen LogP contribution in [0.4, 0.5) is 0 Å². The van der Waals surface area contributed by atoms with Crippen LogP contribution >= 0.6 is 7.82 Å². The van der Waals surface area contributed by atoms with E-state index >= 15 is 0 Å². The lowest BCUT2D eigenvalue weighted by molar-refractivity contribution is -0.161. The first kappa shape index (κ1) is 54.7. The maximum atomic E-state index is 12.6. The normalized spacial score (nSPS) is 13.8. The highest BCUT2D eigenvalue weighted by Gasteiger charge is 2.26. The second-order valence-electron chi connectivity index (χ2n) is 14.9. The fourth-order valence-corrected chi connectivity index (χ4v) is 6.80. The van der Waals surface area contributed by atoms with E-state index in [2.05, 4.69) is 74.6 Å². The molecule has 0 aliphatic carbocycles. The average Bonchev–Trinajstić information content (AvgIpc) is 3.20. The number of allylic oxidation sites excluding steroid dienone is 10. The topological polar surface area (TPSA) is 134 Å². The van der Waals surface area contributed by atoms with Gasteiger partial charge in [0.05, 0.1) is 13.2 Å². The molecule has 0 fully saturated rings. The largest absolute Gasteiger partial charge is 0.472 e. The monoisotopic (exact) mass is 822 g/mol. The van der Waals surface area contributed by atoms with E-state index in [1.165, 1.54) is 77.0 Å².